The number of aliphatic hydroxyl groups is 1. The molecule has 2 saturated heterocycles. The van der Waals surface area contributed by atoms with Gasteiger partial charge in [0.15, 0.2) is 5.72 Å². The molecule has 2 N–H and O–H groups in total. The Morgan fingerprint density at radius 2 is 1.68 bits per heavy atom. The Morgan fingerprint density at radius 3 is 2.29 bits per heavy atom. The lowest BCUT2D eigenvalue weighted by Crippen LogP contribution is -2.72. The van der Waals surface area contributed by atoms with E-state index in [4.69, 9.17) is 40.0 Å². The number of amides is 3. The van der Waals surface area contributed by atoms with E-state index in [9.17, 15) is 24.3 Å². The highest BCUT2D eigenvalue weighted by molar-refractivity contribution is 6.35. The highest BCUT2D eigenvalue weighted by atomic mass is 35.5. The van der Waals surface area contributed by atoms with Gasteiger partial charge < -0.3 is 38.4 Å². The number of fused-ring (bicyclic) bond motifs is 9. The molecule has 1 aliphatic carbocycles. The summed E-state index contributed by atoms with van der Waals surface area (Å²) in [5.74, 6) is -1.10. The predicted octanol–water partition coefficient (Wildman–Crippen LogP) is 8.11. The molecule has 3 aromatic rings. The van der Waals surface area contributed by atoms with Crippen molar-refractivity contribution in [2.45, 2.75) is 114 Å². The lowest BCUT2D eigenvalue weighted by atomic mass is 9.72. The molecule has 5 aliphatic rings. The number of carbonyl (C=O) groups excluding carboxylic acids is 4. The van der Waals surface area contributed by atoms with Gasteiger partial charge in [0.05, 0.1) is 19.2 Å². The third-order valence-electron chi connectivity index (χ3n) is 13.2. The second-order valence-electron chi connectivity index (χ2n) is 18.6. The monoisotopic (exact) mass is 913 g/mol. The highest BCUT2D eigenvalue weighted by Crippen LogP contribution is 2.51. The van der Waals surface area contributed by atoms with Gasteiger partial charge in [-0.1, -0.05) is 97.8 Å². The molecule has 1 unspecified atom stereocenters. The highest BCUT2D eigenvalue weighted by Gasteiger charge is 2.63. The fraction of sp³-hybridized carbons (Fsp3) is 0.480. The number of likely N-dealkylation sites (N-methyl/N-ethyl adjacent to an activating group) is 1. The number of rotatable bonds is 9. The van der Waals surface area contributed by atoms with Crippen LogP contribution in [0.2, 0.25) is 5.02 Å². The van der Waals surface area contributed by atoms with Crippen molar-refractivity contribution in [2.75, 3.05) is 39.8 Å². The van der Waals surface area contributed by atoms with E-state index in [-0.39, 0.29) is 49.1 Å². The molecule has 2 fully saturated rings. The number of halogens is 1. The Hall–Kier alpha value is -5.41. The van der Waals surface area contributed by atoms with Crippen molar-refractivity contribution >= 4 is 41.4 Å². The zero-order valence-corrected chi connectivity index (χ0v) is 39.3. The first-order valence-electron chi connectivity index (χ1n) is 22.0. The number of nitrogens with zero attached hydrogens (tertiary/aromatic N) is 2. The summed E-state index contributed by atoms with van der Waals surface area (Å²) in [7, 11) is 6.01. The lowest BCUT2D eigenvalue weighted by molar-refractivity contribution is -0.328. The Balaban J connectivity index is 1.19. The van der Waals surface area contributed by atoms with Crippen molar-refractivity contribution in [3.05, 3.63) is 106 Å². The molecule has 3 aromatic carbocycles. The quantitative estimate of drug-likeness (QED) is 0.158. The SMILES string of the molecule is COc1cc2cc(c1Cl)N(C)C(=O)C[C@H](OC(=O)[C@H](CC(C)C)N(C)C(=O)OCC1c3ccccc3-c3ccccc31)[C@@]1(C)C[C@@](C)(O1)C1C[C@@](O)(NC(=O)O1)[C@H](OC)/C=C/C=C(\C)C2. The average Bonchev–Trinajstić information content (AvgIpc) is 3.57. The van der Waals surface area contributed by atoms with Crippen molar-refractivity contribution in [2.24, 2.45) is 5.92 Å². The van der Waals surface area contributed by atoms with Gasteiger partial charge in [-0.25, -0.2) is 14.4 Å². The van der Waals surface area contributed by atoms with Crippen molar-refractivity contribution in [1.82, 2.24) is 10.2 Å². The molecule has 8 rings (SSSR count). The Kier molecular flexibility index (Phi) is 13.8. The number of benzene rings is 3. The van der Waals surface area contributed by atoms with Gasteiger partial charge in [-0.15, -0.1) is 0 Å². The lowest BCUT2D eigenvalue weighted by Gasteiger charge is -2.59. The molecular weight excluding hydrogens is 854 g/mol. The summed E-state index contributed by atoms with van der Waals surface area (Å²) >= 11 is 6.86. The first-order valence-corrected chi connectivity index (χ1v) is 22.4. The van der Waals surface area contributed by atoms with Gasteiger partial charge in [-0.05, 0) is 79.5 Å². The van der Waals surface area contributed by atoms with Crippen molar-refractivity contribution < 1.29 is 52.7 Å². The van der Waals surface area contributed by atoms with Crippen LogP contribution in [0.25, 0.3) is 11.1 Å². The number of esters is 1. The molecule has 0 radical (unpaired) electrons. The number of nitrogens with one attached hydrogen (secondary N) is 1. The molecule has 6 bridgehead atoms. The maximum absolute atomic E-state index is 14.6. The van der Waals surface area contributed by atoms with Gasteiger partial charge in [0.1, 0.15) is 52.9 Å². The fourth-order valence-electron chi connectivity index (χ4n) is 9.80. The molecule has 14 nitrogen and oxygen atoms in total. The van der Waals surface area contributed by atoms with E-state index in [1.807, 2.05) is 63.2 Å². The minimum Gasteiger partial charge on any atom is -0.495 e. The van der Waals surface area contributed by atoms with E-state index in [1.54, 1.807) is 45.2 Å². The van der Waals surface area contributed by atoms with Crippen LogP contribution in [0.3, 0.4) is 0 Å². The van der Waals surface area contributed by atoms with Crippen LogP contribution in [0.15, 0.2) is 84.5 Å². The van der Waals surface area contributed by atoms with Crippen LogP contribution in [0.1, 0.15) is 82.9 Å². The number of hydrogen-bond donors (Lipinski definition) is 2. The van der Waals surface area contributed by atoms with Gasteiger partial charge in [0, 0.05) is 40.0 Å². The number of allylic oxidation sites excluding steroid dienone is 3. The van der Waals surface area contributed by atoms with E-state index < -0.39 is 65.3 Å². The van der Waals surface area contributed by atoms with Gasteiger partial charge >= 0.3 is 18.2 Å². The van der Waals surface area contributed by atoms with Crippen LogP contribution < -0.4 is 15.0 Å². The van der Waals surface area contributed by atoms with E-state index >= 15 is 0 Å². The van der Waals surface area contributed by atoms with Crippen molar-refractivity contribution in [3.8, 4) is 16.9 Å². The van der Waals surface area contributed by atoms with Crippen molar-refractivity contribution in [3.63, 3.8) is 0 Å². The van der Waals surface area contributed by atoms with Crippen LogP contribution in [0, 0.1) is 5.92 Å². The summed E-state index contributed by atoms with van der Waals surface area (Å²) in [4.78, 5) is 58.8. The van der Waals surface area contributed by atoms with Crippen LogP contribution in [-0.2, 0) is 39.7 Å². The van der Waals surface area contributed by atoms with Gasteiger partial charge in [0.2, 0.25) is 5.91 Å². The third kappa shape index (κ3) is 9.63. The standard InChI is InChI=1S/C50H60ClN3O11/c1-29(2)21-38(54(7)47(58)62-27-36-34-18-12-10-16-32(34)33-17-11-13-19-35(33)36)45(56)63-41-25-43(55)53(6)37-23-31(24-39(60-8)44(37)51)22-30(3)15-14-20-40(61-9)50(59)26-42(64-46(57)52-50)49(5)28-48(41,4)65-49/h10-20,23-24,29,36,38,40-42,59H,21-22,25-28H2,1-9H3,(H,52,57)/b20-14+,30-15+/t38-,40+,41-,42?,48+,49+,50-/m0/s1. The first-order chi connectivity index (χ1) is 30.8. The van der Waals surface area contributed by atoms with E-state index in [2.05, 4.69) is 17.4 Å². The smallest absolute Gasteiger partial charge is 0.410 e. The molecule has 7 atom stereocenters. The zero-order valence-electron chi connectivity index (χ0n) is 38.5. The predicted molar refractivity (Wildman–Crippen MR) is 245 cm³/mol. The Bertz CT molecular complexity index is 2330. The number of hydrogen-bond acceptors (Lipinski definition) is 11. The van der Waals surface area contributed by atoms with E-state index in [0.717, 1.165) is 33.4 Å². The molecule has 0 spiro atoms. The summed E-state index contributed by atoms with van der Waals surface area (Å²) in [6.45, 7) is 9.29. The van der Waals surface area contributed by atoms with E-state index in [0.29, 0.717) is 17.9 Å². The molecular formula is C50H60ClN3O11. The maximum atomic E-state index is 14.6. The summed E-state index contributed by atoms with van der Waals surface area (Å²) in [6, 6.07) is 18.6. The number of carbonyl (C=O) groups is 4. The van der Waals surface area contributed by atoms with Crippen molar-refractivity contribution in [1.29, 1.82) is 0 Å². The molecule has 15 heteroatoms. The largest absolute Gasteiger partial charge is 0.495 e. The maximum Gasteiger partial charge on any atom is 0.410 e. The minimum atomic E-state index is -1.88. The summed E-state index contributed by atoms with van der Waals surface area (Å²) in [6.07, 6.45) is 0.840. The number of ether oxygens (including phenoxy) is 6. The van der Waals surface area contributed by atoms with Crippen LogP contribution in [0.5, 0.6) is 5.75 Å². The molecule has 4 heterocycles. The van der Waals surface area contributed by atoms with Gasteiger partial charge in [0.25, 0.3) is 0 Å². The molecule has 3 amide bonds. The number of anilines is 1. The number of methoxy groups -OCH3 is 2. The topological polar surface area (TPSA) is 162 Å². The molecule has 348 valence electrons. The molecule has 65 heavy (non-hydrogen) atoms. The summed E-state index contributed by atoms with van der Waals surface area (Å²) < 4.78 is 36.1. The summed E-state index contributed by atoms with van der Waals surface area (Å²) in [5, 5.41) is 14.7. The zero-order chi connectivity index (χ0) is 47.0. The van der Waals surface area contributed by atoms with Gasteiger partial charge in [-0.2, -0.15) is 0 Å². The fourth-order valence-corrected chi connectivity index (χ4v) is 10.1. The molecule has 4 aliphatic heterocycles. The van der Waals surface area contributed by atoms with Crippen LogP contribution >= 0.6 is 11.6 Å². The Labute approximate surface area is 385 Å². The second-order valence-corrected chi connectivity index (χ2v) is 18.9. The molecule has 0 aromatic heterocycles. The van der Waals surface area contributed by atoms with E-state index in [1.165, 1.54) is 31.1 Å². The first kappa shape index (κ1) is 47.5. The average molecular weight is 914 g/mol. The Morgan fingerprint density at radius 1 is 1.03 bits per heavy atom. The number of alkyl carbamates (subject to hydrolysis) is 1. The normalized spacial score (nSPS) is 28.3. The second kappa shape index (κ2) is 18.8. The van der Waals surface area contributed by atoms with Crippen LogP contribution in [-0.4, -0.2) is 110 Å². The van der Waals surface area contributed by atoms with Crippen LogP contribution in [0.4, 0.5) is 15.3 Å². The third-order valence-corrected chi connectivity index (χ3v) is 13.6. The van der Waals surface area contributed by atoms with Gasteiger partial charge in [-0.3, -0.25) is 15.0 Å². The minimum absolute atomic E-state index is 0.0524. The molecule has 0 saturated carbocycles. The summed E-state index contributed by atoms with van der Waals surface area (Å²) in [5.41, 5.74) is 1.98.